The van der Waals surface area contributed by atoms with Crippen LogP contribution >= 0.6 is 12.2 Å². The van der Waals surface area contributed by atoms with Crippen molar-refractivity contribution in [2.45, 2.75) is 46.4 Å². The monoisotopic (exact) mass is 474 g/mol. The van der Waals surface area contributed by atoms with Crippen LogP contribution in [0, 0.1) is 5.41 Å². The molecule has 2 aromatic rings. The van der Waals surface area contributed by atoms with Crippen molar-refractivity contribution in [2.24, 2.45) is 5.41 Å². The first-order valence-corrected chi connectivity index (χ1v) is 11.2. The summed E-state index contributed by atoms with van der Waals surface area (Å²) in [4.78, 5) is 12.5. The second-order valence-corrected chi connectivity index (χ2v) is 8.94. The van der Waals surface area contributed by atoms with Gasteiger partial charge in [0.25, 0.3) is 0 Å². The Morgan fingerprint density at radius 3 is 2.39 bits per heavy atom. The Kier molecular flexibility index (Phi) is 10.4. The minimum atomic E-state index is -0.606. The molecule has 1 unspecified atom stereocenters. The average Bonchev–Trinajstić information content (AvgIpc) is 2.80. The maximum absolute atomic E-state index is 12.5. The second-order valence-electron chi connectivity index (χ2n) is 8.53. The van der Waals surface area contributed by atoms with Gasteiger partial charge in [-0.3, -0.25) is 4.79 Å². The van der Waals surface area contributed by atoms with Crippen molar-refractivity contribution < 1.29 is 23.7 Å². The molecule has 0 aromatic heterocycles. The average molecular weight is 475 g/mol. The summed E-state index contributed by atoms with van der Waals surface area (Å²) in [6.45, 7) is 6.08. The van der Waals surface area contributed by atoms with E-state index in [2.05, 4.69) is 10.6 Å². The number of methoxy groups -OCH3 is 2. The number of hydrogen-bond donors (Lipinski definition) is 2. The highest BCUT2D eigenvalue weighted by atomic mass is 32.1. The Labute approximate surface area is 201 Å². The lowest BCUT2D eigenvalue weighted by atomic mass is 9.97. The van der Waals surface area contributed by atoms with Gasteiger partial charge < -0.3 is 29.6 Å². The molecule has 0 saturated heterocycles. The first-order valence-electron chi connectivity index (χ1n) is 10.8. The zero-order valence-corrected chi connectivity index (χ0v) is 20.8. The highest BCUT2D eigenvalue weighted by Gasteiger charge is 2.26. The van der Waals surface area contributed by atoms with Gasteiger partial charge in [-0.2, -0.15) is 0 Å². The van der Waals surface area contributed by atoms with Crippen LogP contribution in [-0.4, -0.2) is 38.3 Å². The van der Waals surface area contributed by atoms with Crippen LogP contribution in [0.5, 0.6) is 11.5 Å². The molecule has 1 atom stereocenters. The number of hydrogen-bond acceptors (Lipinski definition) is 6. The van der Waals surface area contributed by atoms with Crippen molar-refractivity contribution in [3.05, 3.63) is 59.7 Å². The van der Waals surface area contributed by atoms with Crippen molar-refractivity contribution >= 4 is 23.3 Å². The molecule has 0 aliphatic heterocycles. The van der Waals surface area contributed by atoms with E-state index in [9.17, 15) is 4.79 Å². The van der Waals surface area contributed by atoms with Crippen LogP contribution in [0.4, 0.5) is 0 Å². The lowest BCUT2D eigenvalue weighted by molar-refractivity contribution is -0.159. The van der Waals surface area contributed by atoms with Crippen LogP contribution < -0.4 is 20.1 Å². The van der Waals surface area contributed by atoms with Crippen molar-refractivity contribution in [1.29, 1.82) is 0 Å². The van der Waals surface area contributed by atoms with Gasteiger partial charge in [-0.15, -0.1) is 0 Å². The molecule has 0 spiro atoms. The molecular formula is C25H34N2O5S. The molecule has 8 heteroatoms. The summed E-state index contributed by atoms with van der Waals surface area (Å²) in [6.07, 6.45) is 0.794. The molecule has 2 N–H and O–H groups in total. The highest BCUT2D eigenvalue weighted by Crippen LogP contribution is 2.28. The molecule has 180 valence electrons. The van der Waals surface area contributed by atoms with Crippen LogP contribution in [0.3, 0.4) is 0 Å². The molecule has 0 aliphatic carbocycles. The Bertz CT molecular complexity index is 899. The van der Waals surface area contributed by atoms with Crippen molar-refractivity contribution in [2.75, 3.05) is 21.0 Å². The summed E-state index contributed by atoms with van der Waals surface area (Å²) >= 11 is 5.46. The van der Waals surface area contributed by atoms with E-state index in [0.29, 0.717) is 29.6 Å². The molecule has 2 rings (SSSR count). The second kappa shape index (κ2) is 13.0. The minimum Gasteiger partial charge on any atom is -0.493 e. The van der Waals surface area contributed by atoms with Gasteiger partial charge in [-0.05, 0) is 62.7 Å². The fourth-order valence-corrected chi connectivity index (χ4v) is 3.06. The van der Waals surface area contributed by atoms with Gasteiger partial charge in [0.05, 0.1) is 12.5 Å². The first-order chi connectivity index (χ1) is 15.7. The van der Waals surface area contributed by atoms with Crippen LogP contribution in [0.15, 0.2) is 48.5 Å². The number of thiocarbonyl (C=S) groups is 1. The molecule has 0 aliphatic rings. The Morgan fingerprint density at radius 1 is 1.03 bits per heavy atom. The Balaban J connectivity index is 1.97. The molecule has 0 fully saturated rings. The summed E-state index contributed by atoms with van der Waals surface area (Å²) in [6, 6.07) is 15.7. The van der Waals surface area contributed by atoms with E-state index in [0.717, 1.165) is 17.5 Å². The van der Waals surface area contributed by atoms with Crippen LogP contribution in [0.25, 0.3) is 0 Å². The van der Waals surface area contributed by atoms with Gasteiger partial charge in [0, 0.05) is 20.1 Å². The maximum Gasteiger partial charge on any atom is 0.313 e. The van der Waals surface area contributed by atoms with Gasteiger partial charge >= 0.3 is 5.97 Å². The van der Waals surface area contributed by atoms with Crippen molar-refractivity contribution in [3.63, 3.8) is 0 Å². The number of ether oxygens (including phenoxy) is 4. The highest BCUT2D eigenvalue weighted by molar-refractivity contribution is 7.80. The summed E-state index contributed by atoms with van der Waals surface area (Å²) in [5.74, 6) is 0.913. The normalized spacial score (nSPS) is 11.9. The Hall–Kier alpha value is -2.84. The molecule has 7 nitrogen and oxygen atoms in total. The number of aryl methyl sites for hydroxylation is 1. The third-order valence-electron chi connectivity index (χ3n) is 4.71. The number of carbonyl (C=O) groups is 1. The quantitative estimate of drug-likeness (QED) is 0.285. The van der Waals surface area contributed by atoms with E-state index in [1.54, 1.807) is 14.2 Å². The molecule has 0 heterocycles. The fraction of sp³-hybridized carbons (Fsp3) is 0.440. The summed E-state index contributed by atoms with van der Waals surface area (Å²) in [5.41, 5.74) is 1.51. The van der Waals surface area contributed by atoms with Crippen LogP contribution in [-0.2, 0) is 27.2 Å². The number of carbonyl (C=O) groups excluding carboxylic acids is 1. The largest absolute Gasteiger partial charge is 0.493 e. The standard InChI is InChI=1S/C25H34N2O5S/c1-25(2,3)23(28)32-22(14-12-18-9-7-6-8-10-18)27-24(33)26-16-19-11-13-20(31-17-29-4)21(15-19)30-5/h6-11,13,15,22H,12,14,16-17H2,1-5H3,(H2,26,27,33). The summed E-state index contributed by atoms with van der Waals surface area (Å²) in [5, 5.41) is 6.69. The lowest BCUT2D eigenvalue weighted by Crippen LogP contribution is -2.45. The predicted molar refractivity (Wildman–Crippen MR) is 132 cm³/mol. The minimum absolute atomic E-state index is 0.139. The zero-order chi connectivity index (χ0) is 24.3. The topological polar surface area (TPSA) is 78.0 Å². The van der Waals surface area contributed by atoms with E-state index >= 15 is 0 Å². The van der Waals surface area contributed by atoms with Gasteiger partial charge in [0.1, 0.15) is 0 Å². The van der Waals surface area contributed by atoms with E-state index in [4.69, 9.17) is 31.2 Å². The fourth-order valence-electron chi connectivity index (χ4n) is 2.85. The molecule has 33 heavy (non-hydrogen) atoms. The van der Waals surface area contributed by atoms with E-state index in [1.165, 1.54) is 0 Å². The van der Waals surface area contributed by atoms with Gasteiger partial charge in [0.15, 0.2) is 29.6 Å². The van der Waals surface area contributed by atoms with Crippen LogP contribution in [0.1, 0.15) is 38.3 Å². The van der Waals surface area contributed by atoms with E-state index in [1.807, 2.05) is 69.3 Å². The predicted octanol–water partition coefficient (Wildman–Crippen LogP) is 4.19. The molecule has 0 bridgehead atoms. The third-order valence-corrected chi connectivity index (χ3v) is 4.97. The van der Waals surface area contributed by atoms with E-state index in [-0.39, 0.29) is 12.8 Å². The molecular weight excluding hydrogens is 440 g/mol. The number of esters is 1. The molecule has 2 aromatic carbocycles. The van der Waals surface area contributed by atoms with Gasteiger partial charge in [-0.1, -0.05) is 36.4 Å². The summed E-state index contributed by atoms with van der Waals surface area (Å²) in [7, 11) is 3.14. The maximum atomic E-state index is 12.5. The number of benzene rings is 2. The number of rotatable bonds is 11. The van der Waals surface area contributed by atoms with E-state index < -0.39 is 11.6 Å². The first kappa shape index (κ1) is 26.4. The number of nitrogens with one attached hydrogen (secondary N) is 2. The van der Waals surface area contributed by atoms with Crippen LogP contribution in [0.2, 0.25) is 0 Å². The Morgan fingerprint density at radius 2 is 1.76 bits per heavy atom. The SMILES string of the molecule is COCOc1ccc(CNC(=S)NC(CCc2ccccc2)OC(=O)C(C)(C)C)cc1OC. The van der Waals surface area contributed by atoms with Gasteiger partial charge in [0.2, 0.25) is 0 Å². The van der Waals surface area contributed by atoms with Gasteiger partial charge in [-0.25, -0.2) is 0 Å². The molecule has 0 radical (unpaired) electrons. The van der Waals surface area contributed by atoms with Crippen molar-refractivity contribution in [3.8, 4) is 11.5 Å². The summed E-state index contributed by atoms with van der Waals surface area (Å²) < 4.78 is 21.5. The zero-order valence-electron chi connectivity index (χ0n) is 20.0. The van der Waals surface area contributed by atoms with Crippen molar-refractivity contribution in [1.82, 2.24) is 10.6 Å². The lowest BCUT2D eigenvalue weighted by Gasteiger charge is -2.25. The third kappa shape index (κ3) is 9.27. The smallest absolute Gasteiger partial charge is 0.313 e. The molecule has 0 amide bonds. The molecule has 0 saturated carbocycles.